The Bertz CT molecular complexity index is 1250. The molecule has 0 saturated carbocycles. The fourth-order valence-corrected chi connectivity index (χ4v) is 4.00. The highest BCUT2D eigenvalue weighted by atomic mass is 19.4. The van der Waals surface area contributed by atoms with Crippen molar-refractivity contribution in [1.82, 2.24) is 25.4 Å². The number of carbonyl (C=O) groups excluding carboxylic acids is 1. The molecule has 0 radical (unpaired) electrons. The Morgan fingerprint density at radius 2 is 1.79 bits per heavy atom. The molecule has 1 amide bonds. The number of hydrogen-bond donors (Lipinski definition) is 3. The number of pyridine rings is 1. The average molecular weight is 477 g/mol. The third-order valence-corrected chi connectivity index (χ3v) is 5.70. The smallest absolute Gasteiger partial charge is 0.475 e. The summed E-state index contributed by atoms with van der Waals surface area (Å²) in [6, 6.07) is 6.42. The fraction of sp³-hybridized carbons (Fsp3) is 0.391. The second-order valence-corrected chi connectivity index (χ2v) is 8.17. The maximum atomic E-state index is 12.6. The zero-order valence-corrected chi connectivity index (χ0v) is 19.3. The number of aliphatic carboxylic acids is 1. The van der Waals surface area contributed by atoms with Gasteiger partial charge in [0.1, 0.15) is 0 Å². The van der Waals surface area contributed by atoms with E-state index in [1.54, 1.807) is 4.68 Å². The van der Waals surface area contributed by atoms with Crippen molar-refractivity contribution in [3.63, 3.8) is 0 Å². The minimum absolute atomic E-state index is 0.0162. The first kappa shape index (κ1) is 25.2. The lowest BCUT2D eigenvalue weighted by Gasteiger charge is -2.12. The first-order chi connectivity index (χ1) is 15.9. The summed E-state index contributed by atoms with van der Waals surface area (Å²) >= 11 is 0. The largest absolute Gasteiger partial charge is 0.490 e. The molecule has 11 heteroatoms. The standard InChI is InChI=1S/C21H25N5O.C2HF3O2/c1-12-18(13(2)24-21-20(12)14(3)25-26(21)4)8-19(27)23-9-15-5-6-16-10-22-11-17(16)7-15;3-2(4,5)1(6)7/h5-7,22H,8-11H2,1-4H3,(H,23,27);(H,6,7). The number of benzene rings is 1. The SMILES string of the molecule is Cc1nc2c(c(C)nn2C)c(C)c1CC(=O)NCc1ccc2c(c1)CNC2.O=C(O)C(F)(F)F. The maximum Gasteiger partial charge on any atom is 0.490 e. The number of nitrogens with zero attached hydrogens (tertiary/aromatic N) is 3. The van der Waals surface area contributed by atoms with E-state index in [2.05, 4.69) is 45.8 Å². The number of carboxylic acids is 1. The number of alkyl halides is 3. The van der Waals surface area contributed by atoms with Crippen molar-refractivity contribution in [3.05, 3.63) is 57.4 Å². The first-order valence-corrected chi connectivity index (χ1v) is 10.6. The van der Waals surface area contributed by atoms with Gasteiger partial charge >= 0.3 is 12.1 Å². The second-order valence-electron chi connectivity index (χ2n) is 8.17. The summed E-state index contributed by atoms with van der Waals surface area (Å²) < 4.78 is 33.5. The van der Waals surface area contributed by atoms with Gasteiger partial charge in [0.2, 0.25) is 5.91 Å². The molecule has 3 heterocycles. The number of halogens is 3. The number of fused-ring (bicyclic) bond motifs is 2. The van der Waals surface area contributed by atoms with Crippen LogP contribution in [-0.4, -0.2) is 37.9 Å². The highest BCUT2D eigenvalue weighted by Gasteiger charge is 2.38. The first-order valence-electron chi connectivity index (χ1n) is 10.6. The molecule has 34 heavy (non-hydrogen) atoms. The number of nitrogens with one attached hydrogen (secondary N) is 2. The van der Waals surface area contributed by atoms with E-state index in [0.717, 1.165) is 52.2 Å². The molecule has 0 spiro atoms. The van der Waals surface area contributed by atoms with Crippen molar-refractivity contribution in [2.45, 2.75) is 53.0 Å². The number of aryl methyl sites for hydroxylation is 4. The molecule has 4 rings (SSSR count). The van der Waals surface area contributed by atoms with Gasteiger partial charge in [-0.05, 0) is 48.6 Å². The van der Waals surface area contributed by atoms with Gasteiger partial charge in [-0.3, -0.25) is 9.48 Å². The molecular weight excluding hydrogens is 451 g/mol. The van der Waals surface area contributed by atoms with Crippen LogP contribution in [0.15, 0.2) is 18.2 Å². The number of rotatable bonds is 4. The van der Waals surface area contributed by atoms with Crippen molar-refractivity contribution in [2.75, 3.05) is 0 Å². The third kappa shape index (κ3) is 5.53. The molecule has 3 N–H and O–H groups in total. The molecule has 0 unspecified atom stereocenters. The lowest BCUT2D eigenvalue weighted by Crippen LogP contribution is -2.25. The van der Waals surface area contributed by atoms with E-state index in [1.807, 2.05) is 20.9 Å². The van der Waals surface area contributed by atoms with Gasteiger partial charge in [0.25, 0.3) is 0 Å². The number of aromatic nitrogens is 3. The summed E-state index contributed by atoms with van der Waals surface area (Å²) in [4.78, 5) is 26.2. The number of carboxylic acid groups (broad SMARTS) is 1. The molecule has 0 aliphatic carbocycles. The monoisotopic (exact) mass is 477 g/mol. The Balaban J connectivity index is 0.000000406. The Kier molecular flexibility index (Phi) is 7.25. The van der Waals surface area contributed by atoms with Gasteiger partial charge in [-0.1, -0.05) is 18.2 Å². The van der Waals surface area contributed by atoms with Crippen LogP contribution in [0.25, 0.3) is 11.0 Å². The van der Waals surface area contributed by atoms with Crippen LogP contribution in [0.5, 0.6) is 0 Å². The van der Waals surface area contributed by atoms with Crippen molar-refractivity contribution in [2.24, 2.45) is 7.05 Å². The zero-order chi connectivity index (χ0) is 25.2. The summed E-state index contributed by atoms with van der Waals surface area (Å²) in [5.41, 5.74) is 8.62. The van der Waals surface area contributed by atoms with E-state index < -0.39 is 12.1 Å². The van der Waals surface area contributed by atoms with Gasteiger partial charge in [0.05, 0.1) is 12.1 Å². The van der Waals surface area contributed by atoms with E-state index in [-0.39, 0.29) is 5.91 Å². The number of carbonyl (C=O) groups is 2. The zero-order valence-electron chi connectivity index (χ0n) is 19.3. The summed E-state index contributed by atoms with van der Waals surface area (Å²) in [7, 11) is 1.90. The highest BCUT2D eigenvalue weighted by Crippen LogP contribution is 2.25. The molecular formula is C23H26F3N5O3. The Morgan fingerprint density at radius 3 is 2.44 bits per heavy atom. The van der Waals surface area contributed by atoms with Crippen LogP contribution < -0.4 is 10.6 Å². The minimum atomic E-state index is -5.08. The molecule has 0 saturated heterocycles. The molecule has 0 bridgehead atoms. The molecule has 182 valence electrons. The van der Waals surface area contributed by atoms with Gasteiger partial charge in [0, 0.05) is 37.8 Å². The molecule has 1 aliphatic rings. The summed E-state index contributed by atoms with van der Waals surface area (Å²) in [6.45, 7) is 8.40. The van der Waals surface area contributed by atoms with Crippen LogP contribution >= 0.6 is 0 Å². The molecule has 0 atom stereocenters. The number of amides is 1. The topological polar surface area (TPSA) is 109 Å². The summed E-state index contributed by atoms with van der Waals surface area (Å²) in [5.74, 6) is -2.74. The Labute approximate surface area is 194 Å². The van der Waals surface area contributed by atoms with Crippen molar-refractivity contribution in [1.29, 1.82) is 0 Å². The summed E-state index contributed by atoms with van der Waals surface area (Å²) in [6.07, 6.45) is -4.75. The summed E-state index contributed by atoms with van der Waals surface area (Å²) in [5, 5.41) is 19.0. The Hall–Kier alpha value is -3.47. The molecule has 8 nitrogen and oxygen atoms in total. The van der Waals surface area contributed by atoms with Crippen molar-refractivity contribution >= 4 is 22.9 Å². The number of hydrogen-bond acceptors (Lipinski definition) is 5. The minimum Gasteiger partial charge on any atom is -0.475 e. The molecule has 2 aromatic heterocycles. The van der Waals surface area contributed by atoms with Crippen LogP contribution in [0.3, 0.4) is 0 Å². The lowest BCUT2D eigenvalue weighted by molar-refractivity contribution is -0.192. The Morgan fingerprint density at radius 1 is 1.15 bits per heavy atom. The van der Waals surface area contributed by atoms with E-state index in [1.165, 1.54) is 11.1 Å². The predicted octanol–water partition coefficient (Wildman–Crippen LogP) is 2.99. The van der Waals surface area contributed by atoms with Crippen LogP contribution in [-0.2, 0) is 42.7 Å². The lowest BCUT2D eigenvalue weighted by atomic mass is 10.0. The van der Waals surface area contributed by atoms with Gasteiger partial charge in [-0.15, -0.1) is 0 Å². The highest BCUT2D eigenvalue weighted by molar-refractivity contribution is 5.86. The molecule has 1 aliphatic heterocycles. The molecule has 3 aromatic rings. The maximum absolute atomic E-state index is 12.6. The van der Waals surface area contributed by atoms with E-state index in [4.69, 9.17) is 9.90 Å². The van der Waals surface area contributed by atoms with Crippen LogP contribution in [0.2, 0.25) is 0 Å². The van der Waals surface area contributed by atoms with Crippen LogP contribution in [0.4, 0.5) is 13.2 Å². The van der Waals surface area contributed by atoms with E-state index >= 15 is 0 Å². The van der Waals surface area contributed by atoms with Crippen molar-refractivity contribution < 1.29 is 27.9 Å². The van der Waals surface area contributed by atoms with Gasteiger partial charge in [0.15, 0.2) is 5.65 Å². The van der Waals surface area contributed by atoms with Crippen LogP contribution in [0, 0.1) is 20.8 Å². The van der Waals surface area contributed by atoms with E-state index in [0.29, 0.717) is 13.0 Å². The quantitative estimate of drug-likeness (QED) is 0.533. The average Bonchev–Trinajstić information content (AvgIpc) is 3.32. The second kappa shape index (κ2) is 9.80. The van der Waals surface area contributed by atoms with Gasteiger partial charge in [-0.2, -0.15) is 18.3 Å². The third-order valence-electron chi connectivity index (χ3n) is 5.70. The van der Waals surface area contributed by atoms with Crippen molar-refractivity contribution in [3.8, 4) is 0 Å². The molecule has 1 aromatic carbocycles. The normalized spacial score (nSPS) is 12.8. The van der Waals surface area contributed by atoms with Crippen LogP contribution in [0.1, 0.15) is 39.2 Å². The van der Waals surface area contributed by atoms with Gasteiger partial charge < -0.3 is 15.7 Å². The predicted molar refractivity (Wildman–Crippen MR) is 119 cm³/mol. The molecule has 0 fully saturated rings. The van der Waals surface area contributed by atoms with Gasteiger partial charge in [-0.25, -0.2) is 9.78 Å². The van der Waals surface area contributed by atoms with E-state index in [9.17, 15) is 18.0 Å². The fourth-order valence-electron chi connectivity index (χ4n) is 4.00.